The molecule has 1 saturated carbocycles. The normalized spacial score (nSPS) is 16.8. The number of ether oxygens (including phenoxy) is 1. The summed E-state index contributed by atoms with van der Waals surface area (Å²) in [7, 11) is 0. The van der Waals surface area contributed by atoms with E-state index in [9.17, 15) is 0 Å². The van der Waals surface area contributed by atoms with E-state index in [1.807, 2.05) is 18.2 Å². The number of hydrogen-bond donors (Lipinski definition) is 1. The first-order valence-electron chi connectivity index (χ1n) is 6.86. The van der Waals surface area contributed by atoms with Crippen LogP contribution in [0.25, 0.3) is 0 Å². The minimum Gasteiger partial charge on any atom is -0.380 e. The number of hydrogen-bond acceptors (Lipinski definition) is 2. The lowest BCUT2D eigenvalue weighted by Crippen LogP contribution is -2.25. The van der Waals surface area contributed by atoms with Crippen LogP contribution in [0, 0.1) is 5.92 Å². The maximum absolute atomic E-state index is 6.02. The third-order valence-corrected chi connectivity index (χ3v) is 3.58. The topological polar surface area (TPSA) is 21.3 Å². The van der Waals surface area contributed by atoms with Gasteiger partial charge < -0.3 is 10.1 Å². The van der Waals surface area contributed by atoms with E-state index in [-0.39, 0.29) is 0 Å². The molecule has 0 bridgehead atoms. The number of nitrogens with one attached hydrogen (secondary N) is 1. The molecule has 2 nitrogen and oxygen atoms in total. The van der Waals surface area contributed by atoms with Crippen molar-refractivity contribution in [3.05, 3.63) is 34.9 Å². The van der Waals surface area contributed by atoms with Crippen LogP contribution in [0.1, 0.15) is 37.8 Å². The summed E-state index contributed by atoms with van der Waals surface area (Å²) >= 11 is 6.02. The molecule has 0 saturated heterocycles. The zero-order chi connectivity index (χ0) is 12.8. The van der Waals surface area contributed by atoms with Crippen LogP contribution in [0.5, 0.6) is 0 Å². The van der Waals surface area contributed by atoms with E-state index in [0.717, 1.165) is 37.1 Å². The lowest BCUT2D eigenvalue weighted by atomic mass is 10.0. The molecule has 100 valence electrons. The summed E-state index contributed by atoms with van der Waals surface area (Å²) in [6.45, 7) is 4.82. The van der Waals surface area contributed by atoms with E-state index in [1.54, 1.807) is 0 Å². The third kappa shape index (κ3) is 4.60. The van der Waals surface area contributed by atoms with Crippen LogP contribution in [-0.4, -0.2) is 19.8 Å². The molecule has 1 N–H and O–H groups in total. The average molecular weight is 268 g/mol. The van der Waals surface area contributed by atoms with Crippen LogP contribution in [0.4, 0.5) is 0 Å². The van der Waals surface area contributed by atoms with Crippen LogP contribution in [0.15, 0.2) is 24.3 Å². The maximum Gasteiger partial charge on any atom is 0.0591 e. The molecule has 1 unspecified atom stereocenters. The fraction of sp³-hybridized carbons (Fsp3) is 0.600. The summed E-state index contributed by atoms with van der Waals surface area (Å²) < 4.78 is 5.62. The Bertz CT molecular complexity index is 365. The summed E-state index contributed by atoms with van der Waals surface area (Å²) in [6, 6.07) is 8.45. The second-order valence-electron chi connectivity index (χ2n) is 4.99. The van der Waals surface area contributed by atoms with E-state index >= 15 is 0 Å². The van der Waals surface area contributed by atoms with Gasteiger partial charge in [-0.1, -0.05) is 30.7 Å². The van der Waals surface area contributed by atoms with E-state index in [2.05, 4.69) is 18.3 Å². The predicted molar refractivity (Wildman–Crippen MR) is 76.0 cm³/mol. The smallest absolute Gasteiger partial charge is 0.0591 e. The summed E-state index contributed by atoms with van der Waals surface area (Å²) in [5.41, 5.74) is 1.26. The van der Waals surface area contributed by atoms with Crippen LogP contribution in [0.2, 0.25) is 5.02 Å². The van der Waals surface area contributed by atoms with E-state index in [0.29, 0.717) is 6.04 Å². The lowest BCUT2D eigenvalue weighted by molar-refractivity contribution is 0.124. The highest BCUT2D eigenvalue weighted by Crippen LogP contribution is 2.28. The predicted octanol–water partition coefficient (Wildman–Crippen LogP) is 3.81. The van der Waals surface area contributed by atoms with Crippen molar-refractivity contribution in [2.45, 2.75) is 32.2 Å². The van der Waals surface area contributed by atoms with Crippen molar-refractivity contribution in [2.24, 2.45) is 5.92 Å². The Morgan fingerprint density at radius 3 is 2.94 bits per heavy atom. The summed E-state index contributed by atoms with van der Waals surface area (Å²) in [5, 5.41) is 4.33. The summed E-state index contributed by atoms with van der Waals surface area (Å²) in [5.74, 6) is 0.847. The highest BCUT2D eigenvalue weighted by atomic mass is 35.5. The standard InChI is InChI=1S/C15H22ClNO/c1-2-15(13-4-3-5-14(16)10-13)17-8-9-18-11-12-6-7-12/h3-5,10,12,15,17H,2,6-9,11H2,1H3. The fourth-order valence-electron chi connectivity index (χ4n) is 2.06. The molecule has 1 aromatic carbocycles. The minimum atomic E-state index is 0.369. The first-order valence-corrected chi connectivity index (χ1v) is 7.24. The van der Waals surface area contributed by atoms with Crippen molar-refractivity contribution in [1.82, 2.24) is 5.32 Å². The van der Waals surface area contributed by atoms with Gasteiger partial charge in [0, 0.05) is 24.2 Å². The molecule has 0 aliphatic heterocycles. The Labute approximate surface area is 115 Å². The van der Waals surface area contributed by atoms with Gasteiger partial charge in [0.05, 0.1) is 6.61 Å². The zero-order valence-corrected chi connectivity index (χ0v) is 11.7. The second kappa shape index (κ2) is 7.13. The molecule has 2 rings (SSSR count). The molecule has 0 radical (unpaired) electrons. The van der Waals surface area contributed by atoms with Gasteiger partial charge in [-0.15, -0.1) is 0 Å². The Balaban J connectivity index is 1.70. The van der Waals surface area contributed by atoms with Crippen LogP contribution >= 0.6 is 11.6 Å². The van der Waals surface area contributed by atoms with E-state index in [1.165, 1.54) is 18.4 Å². The molecule has 1 atom stereocenters. The van der Waals surface area contributed by atoms with Gasteiger partial charge in [-0.2, -0.15) is 0 Å². The summed E-state index contributed by atoms with van der Waals surface area (Å²) in [6.07, 6.45) is 3.77. The van der Waals surface area contributed by atoms with Gasteiger partial charge in [0.2, 0.25) is 0 Å². The van der Waals surface area contributed by atoms with Gasteiger partial charge in [-0.25, -0.2) is 0 Å². The zero-order valence-electron chi connectivity index (χ0n) is 11.0. The molecule has 1 aliphatic rings. The number of benzene rings is 1. The van der Waals surface area contributed by atoms with Crippen molar-refractivity contribution in [2.75, 3.05) is 19.8 Å². The van der Waals surface area contributed by atoms with Gasteiger partial charge in [0.15, 0.2) is 0 Å². The number of halogens is 1. The van der Waals surface area contributed by atoms with Crippen LogP contribution in [-0.2, 0) is 4.74 Å². The monoisotopic (exact) mass is 267 g/mol. The first-order chi connectivity index (χ1) is 8.79. The molecule has 0 heterocycles. The lowest BCUT2D eigenvalue weighted by Gasteiger charge is -2.17. The molecule has 1 fully saturated rings. The Morgan fingerprint density at radius 1 is 1.44 bits per heavy atom. The molecule has 1 aliphatic carbocycles. The minimum absolute atomic E-state index is 0.369. The van der Waals surface area contributed by atoms with E-state index < -0.39 is 0 Å². The largest absolute Gasteiger partial charge is 0.380 e. The molecule has 18 heavy (non-hydrogen) atoms. The Morgan fingerprint density at radius 2 is 2.28 bits per heavy atom. The first kappa shape index (κ1) is 13.9. The van der Waals surface area contributed by atoms with Gasteiger partial charge in [0.1, 0.15) is 0 Å². The highest BCUT2D eigenvalue weighted by molar-refractivity contribution is 6.30. The molecule has 0 spiro atoms. The van der Waals surface area contributed by atoms with Crippen molar-refractivity contribution in [1.29, 1.82) is 0 Å². The second-order valence-corrected chi connectivity index (χ2v) is 5.42. The molecule has 1 aromatic rings. The fourth-order valence-corrected chi connectivity index (χ4v) is 2.26. The third-order valence-electron chi connectivity index (χ3n) is 3.35. The van der Waals surface area contributed by atoms with Gasteiger partial charge in [-0.3, -0.25) is 0 Å². The molecule has 0 amide bonds. The highest BCUT2D eigenvalue weighted by Gasteiger charge is 2.20. The van der Waals surface area contributed by atoms with Gasteiger partial charge in [0.25, 0.3) is 0 Å². The summed E-state index contributed by atoms with van der Waals surface area (Å²) in [4.78, 5) is 0. The molecule has 0 aromatic heterocycles. The van der Waals surface area contributed by atoms with Crippen molar-refractivity contribution < 1.29 is 4.74 Å². The average Bonchev–Trinajstić information content (AvgIpc) is 3.18. The van der Waals surface area contributed by atoms with Crippen molar-refractivity contribution >= 4 is 11.6 Å². The molecular formula is C15H22ClNO. The van der Waals surface area contributed by atoms with Gasteiger partial charge in [-0.05, 0) is 42.9 Å². The Kier molecular flexibility index (Phi) is 5.48. The number of rotatable bonds is 8. The van der Waals surface area contributed by atoms with Gasteiger partial charge >= 0.3 is 0 Å². The van der Waals surface area contributed by atoms with Crippen LogP contribution in [0.3, 0.4) is 0 Å². The Hall–Kier alpha value is -0.570. The van der Waals surface area contributed by atoms with Crippen molar-refractivity contribution in [3.63, 3.8) is 0 Å². The van der Waals surface area contributed by atoms with Crippen LogP contribution < -0.4 is 5.32 Å². The van der Waals surface area contributed by atoms with Crippen molar-refractivity contribution in [3.8, 4) is 0 Å². The molecular weight excluding hydrogens is 246 g/mol. The van der Waals surface area contributed by atoms with E-state index in [4.69, 9.17) is 16.3 Å². The quantitative estimate of drug-likeness (QED) is 0.724. The SMILES string of the molecule is CCC(NCCOCC1CC1)c1cccc(Cl)c1. The molecule has 3 heteroatoms. The maximum atomic E-state index is 6.02.